The molecule has 1 saturated heterocycles. The van der Waals surface area contributed by atoms with E-state index in [1.54, 1.807) is 9.58 Å². The molecule has 0 spiro atoms. The first-order chi connectivity index (χ1) is 21.5. The molecule has 0 aliphatic carbocycles. The van der Waals surface area contributed by atoms with Gasteiger partial charge in [0.25, 0.3) is 11.5 Å². The Bertz CT molecular complexity index is 1670. The molecule has 0 bridgehead atoms. The van der Waals surface area contributed by atoms with E-state index >= 15 is 0 Å². The van der Waals surface area contributed by atoms with Crippen LogP contribution in [0.3, 0.4) is 0 Å². The van der Waals surface area contributed by atoms with Crippen molar-refractivity contribution < 1.29 is 9.59 Å². The molecule has 0 radical (unpaired) electrons. The van der Waals surface area contributed by atoms with Crippen LogP contribution in [0.5, 0.6) is 0 Å². The molecule has 0 saturated carbocycles. The second-order valence-corrected chi connectivity index (χ2v) is 12.0. The number of piperidine rings is 1. The minimum absolute atomic E-state index is 0.0783. The van der Waals surface area contributed by atoms with Gasteiger partial charge in [-0.15, -0.1) is 5.10 Å². The Kier molecular flexibility index (Phi) is 8.72. The first-order valence-electron chi connectivity index (χ1n) is 15.8. The van der Waals surface area contributed by atoms with Crippen LogP contribution < -0.4 is 10.9 Å². The third-order valence-electron chi connectivity index (χ3n) is 9.01. The van der Waals surface area contributed by atoms with Crippen LogP contribution in [-0.4, -0.2) is 59.9 Å². The zero-order valence-electron chi connectivity index (χ0n) is 25.5. The Morgan fingerprint density at radius 3 is 2.43 bits per heavy atom. The Morgan fingerprint density at radius 1 is 0.977 bits per heavy atom. The smallest absolute Gasteiger partial charge is 0.324 e. The maximum absolute atomic E-state index is 14.2. The van der Waals surface area contributed by atoms with E-state index in [2.05, 4.69) is 68.7 Å². The molecule has 2 aromatic heterocycles. The molecule has 4 aromatic rings. The largest absolute Gasteiger partial charge is 0.324 e. The summed E-state index contributed by atoms with van der Waals surface area (Å²) < 4.78 is 3.70. The van der Waals surface area contributed by atoms with Crippen LogP contribution >= 0.6 is 0 Å². The number of H-pyrrole nitrogens is 1. The van der Waals surface area contributed by atoms with Crippen molar-refractivity contribution in [3.8, 4) is 22.5 Å². The number of hydrogen-bond donors (Lipinski definition) is 2. The lowest BCUT2D eigenvalue weighted by molar-refractivity contribution is -0.125. The van der Waals surface area contributed by atoms with Gasteiger partial charge in [-0.3, -0.25) is 19.6 Å². The lowest BCUT2D eigenvalue weighted by Crippen LogP contribution is -2.49. The molecule has 44 heavy (non-hydrogen) atoms. The third kappa shape index (κ3) is 5.82. The maximum atomic E-state index is 14.2. The number of carbonyl (C=O) groups excluding carboxylic acids is 2. The first kappa shape index (κ1) is 29.5. The number of imide groups is 1. The van der Waals surface area contributed by atoms with E-state index in [9.17, 15) is 14.4 Å². The van der Waals surface area contributed by atoms with Gasteiger partial charge in [0, 0.05) is 42.4 Å². The normalized spacial score (nSPS) is 18.2. The van der Waals surface area contributed by atoms with Crippen molar-refractivity contribution in [2.24, 2.45) is 0 Å². The van der Waals surface area contributed by atoms with E-state index in [4.69, 9.17) is 0 Å². The standard InChI is InChI=1S/C33H40N8O3/c1-3-4-12-28-27(21-23-14-16-24(17-15-23)25-10-6-7-11-26(25)30-35-37-38-36-30)32(43)41-29(18-13-22(2)40(28)41)31(42)34-33(44)39-19-8-5-9-20-39/h6-7,10-11,14-17,22,29H,3-5,8-9,12-13,18-21H2,1-2H3,(H,34,42,44)(H,35,36,37,38). The summed E-state index contributed by atoms with van der Waals surface area (Å²) in [5.74, 6) is 0.204. The molecule has 2 atom stereocenters. The van der Waals surface area contributed by atoms with Crippen LogP contribution in [0.15, 0.2) is 53.3 Å². The number of rotatable bonds is 8. The van der Waals surface area contributed by atoms with Crippen LogP contribution in [0.25, 0.3) is 22.5 Å². The minimum atomic E-state index is -0.717. The number of nitrogens with zero attached hydrogens (tertiary/aromatic N) is 6. The maximum Gasteiger partial charge on any atom is 0.324 e. The summed E-state index contributed by atoms with van der Waals surface area (Å²) in [7, 11) is 0. The molecule has 1 fully saturated rings. The highest BCUT2D eigenvalue weighted by Crippen LogP contribution is 2.33. The summed E-state index contributed by atoms with van der Waals surface area (Å²) in [4.78, 5) is 42.2. The molecule has 2 unspecified atom stereocenters. The van der Waals surface area contributed by atoms with Crippen molar-refractivity contribution in [2.45, 2.75) is 83.7 Å². The molecule has 230 valence electrons. The average molecular weight is 597 g/mol. The average Bonchev–Trinajstić information content (AvgIpc) is 3.69. The zero-order chi connectivity index (χ0) is 30.6. The molecular weight excluding hydrogens is 556 g/mol. The Balaban J connectivity index is 1.30. The monoisotopic (exact) mass is 596 g/mol. The van der Waals surface area contributed by atoms with Gasteiger partial charge in [0.1, 0.15) is 6.04 Å². The van der Waals surface area contributed by atoms with Gasteiger partial charge in [0.15, 0.2) is 5.82 Å². The van der Waals surface area contributed by atoms with Gasteiger partial charge in [0.05, 0.1) is 0 Å². The molecule has 2 aliphatic rings. The second-order valence-electron chi connectivity index (χ2n) is 12.0. The van der Waals surface area contributed by atoms with Gasteiger partial charge in [-0.1, -0.05) is 61.9 Å². The molecule has 3 amide bonds. The number of benzene rings is 2. The van der Waals surface area contributed by atoms with Crippen molar-refractivity contribution in [1.29, 1.82) is 0 Å². The quantitative estimate of drug-likeness (QED) is 0.293. The predicted octanol–water partition coefficient (Wildman–Crippen LogP) is 5.05. The minimum Gasteiger partial charge on any atom is -0.324 e. The van der Waals surface area contributed by atoms with Crippen molar-refractivity contribution in [1.82, 2.24) is 40.2 Å². The fourth-order valence-corrected chi connectivity index (χ4v) is 6.66. The van der Waals surface area contributed by atoms with E-state index in [0.29, 0.717) is 31.8 Å². The summed E-state index contributed by atoms with van der Waals surface area (Å²) in [5, 5.41) is 17.0. The number of carbonyl (C=O) groups is 2. The third-order valence-corrected chi connectivity index (χ3v) is 9.01. The first-order valence-corrected chi connectivity index (χ1v) is 15.8. The number of amides is 3. The Hall–Kier alpha value is -4.54. The molecule has 11 heteroatoms. The van der Waals surface area contributed by atoms with Crippen molar-refractivity contribution in [3.63, 3.8) is 0 Å². The lowest BCUT2D eigenvalue weighted by Gasteiger charge is -2.33. The molecule has 2 aromatic carbocycles. The van der Waals surface area contributed by atoms with Gasteiger partial charge >= 0.3 is 6.03 Å². The van der Waals surface area contributed by atoms with Crippen LogP contribution in [0.1, 0.15) is 87.7 Å². The molecule has 4 heterocycles. The van der Waals surface area contributed by atoms with E-state index in [-0.39, 0.29) is 17.6 Å². The highest BCUT2D eigenvalue weighted by Gasteiger charge is 2.36. The molecule has 6 rings (SSSR count). The topological polar surface area (TPSA) is 131 Å². The molecular formula is C33H40N8O3. The van der Waals surface area contributed by atoms with Crippen LogP contribution in [0, 0.1) is 0 Å². The van der Waals surface area contributed by atoms with Gasteiger partial charge in [0.2, 0.25) is 0 Å². The number of fused-ring (bicyclic) bond motifs is 1. The summed E-state index contributed by atoms with van der Waals surface area (Å²) in [6, 6.07) is 15.2. The molecule has 11 nitrogen and oxygen atoms in total. The van der Waals surface area contributed by atoms with Gasteiger partial charge < -0.3 is 4.90 Å². The van der Waals surface area contributed by atoms with E-state index < -0.39 is 11.9 Å². The van der Waals surface area contributed by atoms with Crippen LogP contribution in [0.4, 0.5) is 4.79 Å². The van der Waals surface area contributed by atoms with Crippen molar-refractivity contribution >= 4 is 11.9 Å². The van der Waals surface area contributed by atoms with Crippen molar-refractivity contribution in [3.05, 3.63) is 75.7 Å². The fourth-order valence-electron chi connectivity index (χ4n) is 6.66. The zero-order valence-corrected chi connectivity index (χ0v) is 25.5. The number of aromatic amines is 1. The second kappa shape index (κ2) is 13.0. The van der Waals surface area contributed by atoms with Crippen molar-refractivity contribution in [2.75, 3.05) is 13.1 Å². The Morgan fingerprint density at radius 2 is 1.73 bits per heavy atom. The van der Waals surface area contributed by atoms with E-state index in [1.165, 1.54) is 0 Å². The summed E-state index contributed by atoms with van der Waals surface area (Å²) in [5.41, 5.74) is 5.53. The van der Waals surface area contributed by atoms with E-state index in [1.807, 2.05) is 24.3 Å². The van der Waals surface area contributed by atoms with E-state index in [0.717, 1.165) is 78.5 Å². The number of tetrazole rings is 1. The molecule has 2 N–H and O–H groups in total. The Labute approximate surface area is 256 Å². The SMILES string of the molecule is CCCCc1c(Cc2ccc(-c3ccccc3-c3nnn[nH]3)cc2)c(=O)n2n1C(C)CCC2C(=O)NC(=O)N1CCCCC1. The van der Waals surface area contributed by atoms with Crippen LogP contribution in [0.2, 0.25) is 0 Å². The predicted molar refractivity (Wildman–Crippen MR) is 167 cm³/mol. The number of aromatic nitrogens is 6. The molecule has 2 aliphatic heterocycles. The number of hydrogen-bond acceptors (Lipinski definition) is 6. The lowest BCUT2D eigenvalue weighted by atomic mass is 9.96. The highest BCUT2D eigenvalue weighted by atomic mass is 16.2. The van der Waals surface area contributed by atoms with Gasteiger partial charge in [-0.25, -0.2) is 14.6 Å². The van der Waals surface area contributed by atoms with Gasteiger partial charge in [-0.2, -0.15) is 0 Å². The summed E-state index contributed by atoms with van der Waals surface area (Å²) >= 11 is 0. The summed E-state index contributed by atoms with van der Waals surface area (Å²) in [6.45, 7) is 5.56. The highest BCUT2D eigenvalue weighted by molar-refractivity contribution is 5.96. The fraction of sp³-hybridized carbons (Fsp3) is 0.455. The summed E-state index contributed by atoms with van der Waals surface area (Å²) in [6.07, 6.45) is 7.44. The number of unbranched alkanes of at least 4 members (excludes halogenated alkanes) is 1. The van der Waals surface area contributed by atoms with Crippen LogP contribution in [-0.2, 0) is 17.6 Å². The number of nitrogens with one attached hydrogen (secondary N) is 2. The number of likely N-dealkylation sites (tertiary alicyclic amines) is 1. The van der Waals surface area contributed by atoms with Gasteiger partial charge in [-0.05, 0) is 79.0 Å². The number of urea groups is 1.